The number of nitrogens with one attached hydrogen (secondary N) is 1. The van der Waals surface area contributed by atoms with Crippen LogP contribution in [0.15, 0.2) is 97.2 Å². The smallest absolute Gasteiger partial charge is 0.308 e. The molecule has 8 heteroatoms. The Morgan fingerprint density at radius 3 is 2.54 bits per heavy atom. The fourth-order valence-corrected chi connectivity index (χ4v) is 5.03. The van der Waals surface area contributed by atoms with Gasteiger partial charge in [0.25, 0.3) is 0 Å². The number of nitrogens with zero attached hydrogens (tertiary/aromatic N) is 4. The normalized spacial score (nSPS) is 14.6. The molecule has 5 aromatic rings. The van der Waals surface area contributed by atoms with Gasteiger partial charge in [-0.05, 0) is 73.2 Å². The maximum atomic E-state index is 14.4. The van der Waals surface area contributed by atoms with Crippen molar-refractivity contribution in [2.24, 2.45) is 0 Å². The number of carbonyl (C=O) groups excluding carboxylic acids is 1. The largest absolute Gasteiger partial charge is 0.322 e. The molecular weight excluding hydrogens is 489 g/mol. The second-order valence-electron chi connectivity index (χ2n) is 8.96. The second kappa shape index (κ2) is 9.26. The van der Waals surface area contributed by atoms with Crippen LogP contribution in [-0.2, 0) is 6.54 Å². The van der Waals surface area contributed by atoms with Crippen LogP contribution in [0.1, 0.15) is 28.6 Å². The number of aromatic nitrogens is 3. The average molecular weight is 512 g/mol. The van der Waals surface area contributed by atoms with E-state index in [9.17, 15) is 9.18 Å². The summed E-state index contributed by atoms with van der Waals surface area (Å²) in [6.07, 6.45) is 1.96. The minimum atomic E-state index is -0.547. The zero-order chi connectivity index (χ0) is 25.5. The first-order valence-electron chi connectivity index (χ1n) is 11.9. The van der Waals surface area contributed by atoms with Crippen molar-refractivity contribution in [1.82, 2.24) is 19.2 Å². The van der Waals surface area contributed by atoms with Crippen LogP contribution in [0, 0.1) is 12.7 Å². The fraction of sp³-hybridized carbons (Fsp3) is 0.103. The molecule has 2 amide bonds. The summed E-state index contributed by atoms with van der Waals surface area (Å²) in [5.74, 6) is 0.494. The fourth-order valence-electron chi connectivity index (χ4n) is 4.91. The predicted octanol–water partition coefficient (Wildman–Crippen LogP) is 6.90. The predicted molar refractivity (Wildman–Crippen MR) is 142 cm³/mol. The highest BCUT2D eigenvalue weighted by atomic mass is 35.5. The Balaban J connectivity index is 1.53. The average Bonchev–Trinajstić information content (AvgIpc) is 3.46. The molecule has 3 heterocycles. The van der Waals surface area contributed by atoms with Crippen LogP contribution in [0.4, 0.5) is 14.9 Å². The third kappa shape index (κ3) is 4.17. The van der Waals surface area contributed by atoms with Crippen LogP contribution < -0.4 is 5.32 Å². The molecule has 1 N–H and O–H groups in total. The summed E-state index contributed by atoms with van der Waals surface area (Å²) in [7, 11) is 0. The molecule has 1 aliphatic heterocycles. The van der Waals surface area contributed by atoms with Crippen LogP contribution in [0.25, 0.3) is 11.5 Å². The Morgan fingerprint density at radius 1 is 1.00 bits per heavy atom. The molecule has 1 unspecified atom stereocenters. The zero-order valence-electron chi connectivity index (χ0n) is 20.0. The van der Waals surface area contributed by atoms with E-state index in [0.717, 1.165) is 28.5 Å². The lowest BCUT2D eigenvalue weighted by Gasteiger charge is -2.31. The highest BCUT2D eigenvalue weighted by molar-refractivity contribution is 6.30. The van der Waals surface area contributed by atoms with Gasteiger partial charge < -0.3 is 14.8 Å². The standard InChI is InChI=1S/C29H23ClFN5O/c1-19-25-18-35(29(37)32-23-14-12-21(30)13-15-23)27(20-7-5-8-22(31)17-20)26-11-6-16-34(26)28(25)36(33-19)24-9-3-2-4-10-24/h2-17,27H,18H2,1H3,(H,32,37). The monoisotopic (exact) mass is 511 g/mol. The number of urea groups is 1. The van der Waals surface area contributed by atoms with Crippen LogP contribution >= 0.6 is 11.6 Å². The highest BCUT2D eigenvalue weighted by Gasteiger charge is 2.36. The molecule has 1 atom stereocenters. The van der Waals surface area contributed by atoms with Gasteiger partial charge in [-0.2, -0.15) is 5.10 Å². The first kappa shape index (κ1) is 23.1. The lowest BCUT2D eigenvalue weighted by molar-refractivity contribution is 0.194. The molecule has 6 rings (SSSR count). The number of anilines is 1. The molecule has 1 aliphatic rings. The quantitative estimate of drug-likeness (QED) is 0.286. The summed E-state index contributed by atoms with van der Waals surface area (Å²) in [5, 5.41) is 8.42. The van der Waals surface area contributed by atoms with Crippen LogP contribution in [0.2, 0.25) is 5.02 Å². The summed E-state index contributed by atoms with van der Waals surface area (Å²) in [6, 6.07) is 26.3. The summed E-state index contributed by atoms with van der Waals surface area (Å²) < 4.78 is 18.4. The Bertz CT molecular complexity index is 1590. The van der Waals surface area contributed by atoms with Gasteiger partial charge in [0.2, 0.25) is 0 Å². The van der Waals surface area contributed by atoms with Crippen LogP contribution in [-0.4, -0.2) is 25.3 Å². The Morgan fingerprint density at radius 2 is 1.78 bits per heavy atom. The molecule has 6 nitrogen and oxygen atoms in total. The van der Waals surface area contributed by atoms with Crippen molar-refractivity contribution < 1.29 is 9.18 Å². The lowest BCUT2D eigenvalue weighted by atomic mass is 10.0. The Labute approximate surface area is 218 Å². The molecule has 37 heavy (non-hydrogen) atoms. The van der Waals surface area contributed by atoms with Crippen molar-refractivity contribution in [3.05, 3.63) is 131 Å². The first-order valence-corrected chi connectivity index (χ1v) is 12.3. The Hall–Kier alpha value is -4.36. The third-order valence-electron chi connectivity index (χ3n) is 6.61. The summed E-state index contributed by atoms with van der Waals surface area (Å²) in [4.78, 5) is 15.6. The summed E-state index contributed by atoms with van der Waals surface area (Å²) >= 11 is 6.04. The van der Waals surface area contributed by atoms with Gasteiger partial charge in [0.15, 0.2) is 0 Å². The number of rotatable bonds is 3. The molecule has 184 valence electrons. The van der Waals surface area contributed by atoms with Crippen LogP contribution in [0.3, 0.4) is 0 Å². The van der Waals surface area contributed by atoms with Gasteiger partial charge >= 0.3 is 6.03 Å². The molecule has 0 saturated carbocycles. The van der Waals surface area contributed by atoms with E-state index in [-0.39, 0.29) is 18.4 Å². The molecule has 0 aliphatic carbocycles. The van der Waals surface area contributed by atoms with Crippen molar-refractivity contribution >= 4 is 23.3 Å². The minimum absolute atomic E-state index is 0.274. The van der Waals surface area contributed by atoms with Gasteiger partial charge in [-0.1, -0.05) is 41.9 Å². The molecule has 3 aromatic carbocycles. The SMILES string of the molecule is Cc1nn(-c2ccccc2)c2c1CN(C(=O)Nc1ccc(Cl)cc1)C(c1cccc(F)c1)c1cccn1-2. The van der Waals surface area contributed by atoms with Crippen molar-refractivity contribution in [1.29, 1.82) is 0 Å². The van der Waals surface area contributed by atoms with E-state index in [4.69, 9.17) is 16.7 Å². The molecule has 0 fully saturated rings. The van der Waals surface area contributed by atoms with E-state index in [2.05, 4.69) is 5.32 Å². The van der Waals surface area contributed by atoms with Crippen molar-refractivity contribution in [2.75, 3.05) is 5.32 Å². The summed E-state index contributed by atoms with van der Waals surface area (Å²) in [5.41, 5.74) is 4.74. The second-order valence-corrected chi connectivity index (χ2v) is 9.40. The molecule has 0 spiro atoms. The number of para-hydroxylation sites is 1. The van der Waals surface area contributed by atoms with Crippen molar-refractivity contribution in [2.45, 2.75) is 19.5 Å². The third-order valence-corrected chi connectivity index (χ3v) is 6.86. The maximum Gasteiger partial charge on any atom is 0.322 e. The molecule has 0 bridgehead atoms. The van der Waals surface area contributed by atoms with E-state index < -0.39 is 6.04 Å². The number of hydrogen-bond donors (Lipinski definition) is 1. The number of halogens is 2. The molecule has 0 radical (unpaired) electrons. The first-order chi connectivity index (χ1) is 18.0. The van der Waals surface area contributed by atoms with Gasteiger partial charge in [-0.15, -0.1) is 0 Å². The van der Waals surface area contributed by atoms with E-state index in [1.54, 1.807) is 35.2 Å². The zero-order valence-corrected chi connectivity index (χ0v) is 20.7. The maximum absolute atomic E-state index is 14.4. The highest BCUT2D eigenvalue weighted by Crippen LogP contribution is 2.38. The summed E-state index contributed by atoms with van der Waals surface area (Å²) in [6.45, 7) is 2.22. The molecular formula is C29H23ClFN5O. The van der Waals surface area contributed by atoms with E-state index in [1.165, 1.54) is 12.1 Å². The number of fused-ring (bicyclic) bond motifs is 3. The number of benzene rings is 3. The molecule has 2 aromatic heterocycles. The number of carbonyl (C=O) groups is 1. The van der Waals surface area contributed by atoms with Gasteiger partial charge in [-0.25, -0.2) is 13.9 Å². The molecule has 0 saturated heterocycles. The lowest BCUT2D eigenvalue weighted by Crippen LogP contribution is -2.38. The van der Waals surface area contributed by atoms with E-state index in [0.29, 0.717) is 16.3 Å². The van der Waals surface area contributed by atoms with Gasteiger partial charge in [-0.3, -0.25) is 0 Å². The topological polar surface area (TPSA) is 55.1 Å². The Kier molecular flexibility index (Phi) is 5.77. The number of aryl methyl sites for hydroxylation is 1. The van der Waals surface area contributed by atoms with Gasteiger partial charge in [0, 0.05) is 22.5 Å². The van der Waals surface area contributed by atoms with Crippen molar-refractivity contribution in [3.63, 3.8) is 0 Å². The van der Waals surface area contributed by atoms with Crippen LogP contribution in [0.5, 0.6) is 0 Å². The van der Waals surface area contributed by atoms with E-state index in [1.807, 2.05) is 70.9 Å². The van der Waals surface area contributed by atoms with E-state index >= 15 is 0 Å². The number of amides is 2. The number of hydrogen-bond acceptors (Lipinski definition) is 2. The van der Waals surface area contributed by atoms with Gasteiger partial charge in [0.1, 0.15) is 11.6 Å². The minimum Gasteiger partial charge on any atom is -0.308 e. The van der Waals surface area contributed by atoms with Crippen molar-refractivity contribution in [3.8, 4) is 11.5 Å². The van der Waals surface area contributed by atoms with Gasteiger partial charge in [0.05, 0.1) is 29.7 Å².